The second-order valence-electron chi connectivity index (χ2n) is 8.60. The van der Waals surface area contributed by atoms with Gasteiger partial charge in [0.05, 0.1) is 65.2 Å². The third-order valence-corrected chi connectivity index (χ3v) is 6.72. The summed E-state index contributed by atoms with van der Waals surface area (Å²) in [6.07, 6.45) is 0.652. The molecule has 0 radical (unpaired) electrons. The highest BCUT2D eigenvalue weighted by Gasteiger charge is 2.21. The Kier molecular flexibility index (Phi) is 11.3. The van der Waals surface area contributed by atoms with E-state index in [0.29, 0.717) is 51.7 Å². The van der Waals surface area contributed by atoms with Gasteiger partial charge >= 0.3 is 0 Å². The fraction of sp³-hybridized carbons (Fsp3) is 0.296. The Bertz CT molecular complexity index is 1400. The van der Waals surface area contributed by atoms with Crippen molar-refractivity contribution in [3.8, 4) is 34.0 Å². The number of ether oxygens (including phenoxy) is 3. The minimum Gasteiger partial charge on any atom is -0.394 e. The number of methoxy groups -OCH3 is 1. The summed E-state index contributed by atoms with van der Waals surface area (Å²) >= 11 is 16.9. The second-order valence-corrected chi connectivity index (χ2v) is 10.3. The smallest absolute Gasteiger partial charge is 0.223 e. The zero-order valence-electron chi connectivity index (χ0n) is 21.5. The van der Waals surface area contributed by atoms with Gasteiger partial charge in [0, 0.05) is 29.9 Å². The summed E-state index contributed by atoms with van der Waals surface area (Å²) in [7, 11) is 1.61. The van der Waals surface area contributed by atoms with Gasteiger partial charge in [-0.3, -0.25) is 0 Å². The van der Waals surface area contributed by atoms with Gasteiger partial charge in [0.15, 0.2) is 0 Å². The number of aliphatic hydroxyl groups is 2. The number of aromatic nitrogens is 4. The maximum Gasteiger partial charge on any atom is 0.223 e. The number of aliphatic hydroxyl groups excluding tert-OH is 2. The molecule has 40 heavy (non-hydrogen) atoms. The number of nitrogens with zero attached hydrogens (tertiary/aromatic N) is 3. The third kappa shape index (κ3) is 7.99. The van der Waals surface area contributed by atoms with Gasteiger partial charge in [-0.2, -0.15) is 0 Å². The van der Waals surface area contributed by atoms with Gasteiger partial charge in [0.1, 0.15) is 12.6 Å². The minimum atomic E-state index is -0.941. The van der Waals surface area contributed by atoms with E-state index >= 15 is 0 Å². The van der Waals surface area contributed by atoms with E-state index < -0.39 is 6.10 Å². The predicted molar refractivity (Wildman–Crippen MR) is 157 cm³/mol. The second kappa shape index (κ2) is 14.9. The molecule has 4 rings (SSSR count). The van der Waals surface area contributed by atoms with Crippen molar-refractivity contribution in [1.29, 1.82) is 0 Å². The summed E-state index contributed by atoms with van der Waals surface area (Å²) in [5, 5.41) is 22.5. The zero-order chi connectivity index (χ0) is 28.5. The van der Waals surface area contributed by atoms with Crippen LogP contribution >= 0.6 is 39.1 Å². The van der Waals surface area contributed by atoms with Crippen molar-refractivity contribution >= 4 is 45.1 Å². The topological polar surface area (TPSA) is 135 Å². The van der Waals surface area contributed by atoms with Crippen LogP contribution in [-0.4, -0.2) is 76.5 Å². The standard InChI is InChI=1S/C27H28BrCl2N5O5/c1-38-7-8-39-15-40-14-16-9-20(29)23(21(30)10-16)26-34-24(17-3-2-4-18(28)11-17)25(35-26)22-5-6-31-27(33-22)32-12-19(37)13-36/h2-6,9-11,19,36-37H,7-8,12-15H2,1H3,(H,34,35)(H,31,32,33). The molecule has 4 N–H and O–H groups in total. The summed E-state index contributed by atoms with van der Waals surface area (Å²) in [6.45, 7) is 1.02. The van der Waals surface area contributed by atoms with Crippen LogP contribution in [0.3, 0.4) is 0 Å². The van der Waals surface area contributed by atoms with Crippen LogP contribution in [0.15, 0.2) is 53.1 Å². The molecule has 0 aliphatic carbocycles. The summed E-state index contributed by atoms with van der Waals surface area (Å²) in [4.78, 5) is 17.0. The number of hydrogen-bond acceptors (Lipinski definition) is 9. The first-order valence-electron chi connectivity index (χ1n) is 12.2. The fourth-order valence-corrected chi connectivity index (χ4v) is 4.84. The Balaban J connectivity index is 1.67. The molecular formula is C27H28BrCl2N5O5. The van der Waals surface area contributed by atoms with Gasteiger partial charge in [-0.05, 0) is 35.9 Å². The van der Waals surface area contributed by atoms with Crippen LogP contribution in [0.4, 0.5) is 5.95 Å². The van der Waals surface area contributed by atoms with Crippen molar-refractivity contribution in [3.63, 3.8) is 0 Å². The quantitative estimate of drug-likeness (QED) is 0.107. The lowest BCUT2D eigenvalue weighted by Crippen LogP contribution is -2.23. The monoisotopic (exact) mass is 651 g/mol. The average Bonchev–Trinajstić information content (AvgIpc) is 3.38. The van der Waals surface area contributed by atoms with E-state index in [-0.39, 0.29) is 32.5 Å². The molecule has 0 saturated heterocycles. The molecular weight excluding hydrogens is 625 g/mol. The molecule has 0 saturated carbocycles. The van der Waals surface area contributed by atoms with E-state index in [0.717, 1.165) is 15.6 Å². The number of benzene rings is 2. The van der Waals surface area contributed by atoms with Crippen molar-refractivity contribution < 1.29 is 24.4 Å². The van der Waals surface area contributed by atoms with Crippen LogP contribution in [0.25, 0.3) is 34.0 Å². The number of imidazole rings is 1. The molecule has 10 nitrogen and oxygen atoms in total. The lowest BCUT2D eigenvalue weighted by atomic mass is 10.1. The number of anilines is 1. The summed E-state index contributed by atoms with van der Waals surface area (Å²) < 4.78 is 16.7. The molecule has 0 spiro atoms. The minimum absolute atomic E-state index is 0.0905. The van der Waals surface area contributed by atoms with Gasteiger partial charge in [-0.1, -0.05) is 51.3 Å². The first-order valence-corrected chi connectivity index (χ1v) is 13.8. The number of halogens is 3. The van der Waals surface area contributed by atoms with E-state index in [1.807, 2.05) is 24.3 Å². The van der Waals surface area contributed by atoms with Crippen LogP contribution in [0.1, 0.15) is 5.56 Å². The van der Waals surface area contributed by atoms with Gasteiger partial charge in [0.2, 0.25) is 5.95 Å². The normalized spacial score (nSPS) is 12.1. The molecule has 212 valence electrons. The largest absolute Gasteiger partial charge is 0.394 e. The van der Waals surface area contributed by atoms with Crippen LogP contribution in [0.5, 0.6) is 0 Å². The Morgan fingerprint density at radius 1 is 1.07 bits per heavy atom. The van der Waals surface area contributed by atoms with E-state index in [1.165, 1.54) is 0 Å². The van der Waals surface area contributed by atoms with Crippen LogP contribution in [0, 0.1) is 0 Å². The highest BCUT2D eigenvalue weighted by molar-refractivity contribution is 9.10. The van der Waals surface area contributed by atoms with Crippen molar-refractivity contribution in [2.75, 3.05) is 45.6 Å². The van der Waals surface area contributed by atoms with Crippen molar-refractivity contribution in [2.24, 2.45) is 0 Å². The lowest BCUT2D eigenvalue weighted by Gasteiger charge is -2.10. The first-order chi connectivity index (χ1) is 19.4. The fourth-order valence-electron chi connectivity index (χ4n) is 3.73. The molecule has 13 heteroatoms. The average molecular weight is 653 g/mol. The van der Waals surface area contributed by atoms with E-state index in [9.17, 15) is 5.11 Å². The third-order valence-electron chi connectivity index (χ3n) is 5.63. The highest BCUT2D eigenvalue weighted by atomic mass is 79.9. The van der Waals surface area contributed by atoms with E-state index in [1.54, 1.807) is 31.5 Å². The van der Waals surface area contributed by atoms with Gasteiger partial charge in [-0.15, -0.1) is 0 Å². The molecule has 0 aliphatic heterocycles. The molecule has 1 atom stereocenters. The van der Waals surface area contributed by atoms with Crippen molar-refractivity contribution in [2.45, 2.75) is 12.7 Å². The van der Waals surface area contributed by atoms with Crippen molar-refractivity contribution in [3.05, 3.63) is 68.7 Å². The molecule has 1 unspecified atom stereocenters. The Hall–Kier alpha value is -2.61. The van der Waals surface area contributed by atoms with Gasteiger partial charge in [0.25, 0.3) is 0 Å². The maximum absolute atomic E-state index is 9.68. The molecule has 2 heterocycles. The summed E-state index contributed by atoms with van der Waals surface area (Å²) in [5.74, 6) is 0.743. The van der Waals surface area contributed by atoms with Crippen LogP contribution in [-0.2, 0) is 20.8 Å². The molecule has 0 bridgehead atoms. The molecule has 2 aromatic heterocycles. The van der Waals surface area contributed by atoms with Gasteiger partial charge < -0.3 is 34.7 Å². The molecule has 2 aromatic carbocycles. The number of hydrogen-bond donors (Lipinski definition) is 4. The Morgan fingerprint density at radius 3 is 2.60 bits per heavy atom. The van der Waals surface area contributed by atoms with Gasteiger partial charge in [-0.25, -0.2) is 15.0 Å². The first kappa shape index (κ1) is 30.4. The highest BCUT2D eigenvalue weighted by Crippen LogP contribution is 2.39. The number of aromatic amines is 1. The Labute approximate surface area is 249 Å². The molecule has 0 amide bonds. The van der Waals surface area contributed by atoms with Crippen LogP contribution < -0.4 is 5.32 Å². The summed E-state index contributed by atoms with van der Waals surface area (Å²) in [5.41, 5.74) is 3.95. The van der Waals surface area contributed by atoms with Crippen LogP contribution in [0.2, 0.25) is 10.0 Å². The van der Waals surface area contributed by atoms with Crippen molar-refractivity contribution in [1.82, 2.24) is 19.9 Å². The maximum atomic E-state index is 9.68. The van der Waals surface area contributed by atoms with E-state index in [2.05, 4.69) is 36.2 Å². The number of rotatable bonds is 14. The van der Waals surface area contributed by atoms with E-state index in [4.69, 9.17) is 47.5 Å². The molecule has 0 fully saturated rings. The SMILES string of the molecule is COCCOCOCc1cc(Cl)c(-c2nc(-c3cccc(Br)c3)c(-c3ccnc(NCC(O)CO)n3)[nH]2)c(Cl)c1. The number of nitrogens with one attached hydrogen (secondary N) is 2. The molecule has 4 aromatic rings. The predicted octanol–water partition coefficient (Wildman–Crippen LogP) is 5.17. The lowest BCUT2D eigenvalue weighted by molar-refractivity contribution is -0.0724. The zero-order valence-corrected chi connectivity index (χ0v) is 24.6. The summed E-state index contributed by atoms with van der Waals surface area (Å²) in [6, 6.07) is 13.0. The molecule has 0 aliphatic rings. The number of H-pyrrole nitrogens is 1. The Morgan fingerprint density at radius 2 is 1.88 bits per heavy atom.